The summed E-state index contributed by atoms with van der Waals surface area (Å²) in [5.41, 5.74) is 0. The van der Waals surface area contributed by atoms with Crippen LogP contribution in [0.5, 0.6) is 0 Å². The van der Waals surface area contributed by atoms with E-state index in [0.29, 0.717) is 32.1 Å². The number of carbonyl (C=O) groups excluding carboxylic acids is 4. The van der Waals surface area contributed by atoms with Gasteiger partial charge < -0.3 is 25.0 Å². The second-order valence-electron chi connectivity index (χ2n) is 16.3. The molecule has 2 amide bonds. The molecular formula is C48H89N2O10P. The van der Waals surface area contributed by atoms with Gasteiger partial charge in [0.05, 0.1) is 13.2 Å². The Bertz CT molecular complexity index is 1180. The number of allylic oxidation sites excluding steroid dienone is 4. The first-order valence-corrected chi connectivity index (χ1v) is 25.9. The minimum absolute atomic E-state index is 0.0233. The second-order valence-corrected chi connectivity index (χ2v) is 17.7. The molecule has 0 aliphatic carbocycles. The number of ether oxygens (including phenoxy) is 2. The van der Waals surface area contributed by atoms with Gasteiger partial charge in [0, 0.05) is 39.3 Å². The summed E-state index contributed by atoms with van der Waals surface area (Å²) in [5.74, 6) is -1.28. The number of carbonyl (C=O) groups is 4. The zero-order valence-electron chi connectivity index (χ0n) is 38.9. The summed E-state index contributed by atoms with van der Waals surface area (Å²) >= 11 is 0. The molecule has 12 nitrogen and oxygen atoms in total. The van der Waals surface area contributed by atoms with E-state index in [1.165, 1.54) is 77.0 Å². The van der Waals surface area contributed by atoms with Gasteiger partial charge in [-0.25, -0.2) is 4.57 Å². The molecule has 0 aromatic carbocycles. The van der Waals surface area contributed by atoms with Gasteiger partial charge in [-0.3, -0.25) is 28.2 Å². The number of amides is 2. The van der Waals surface area contributed by atoms with Crippen molar-refractivity contribution in [2.45, 2.75) is 225 Å². The highest BCUT2D eigenvalue weighted by Crippen LogP contribution is 2.43. The lowest BCUT2D eigenvalue weighted by Gasteiger charge is -2.20. The van der Waals surface area contributed by atoms with Gasteiger partial charge >= 0.3 is 19.8 Å². The van der Waals surface area contributed by atoms with E-state index in [4.69, 9.17) is 18.5 Å². The fourth-order valence-electron chi connectivity index (χ4n) is 6.65. The summed E-state index contributed by atoms with van der Waals surface area (Å²) in [6.45, 7) is 3.35. The highest BCUT2D eigenvalue weighted by Gasteiger charge is 2.26. The third kappa shape index (κ3) is 43.9. The van der Waals surface area contributed by atoms with Crippen molar-refractivity contribution in [3.8, 4) is 0 Å². The van der Waals surface area contributed by atoms with Crippen LogP contribution in [0.1, 0.15) is 219 Å². The zero-order chi connectivity index (χ0) is 44.9. The monoisotopic (exact) mass is 885 g/mol. The van der Waals surface area contributed by atoms with Crippen molar-refractivity contribution >= 4 is 31.6 Å². The molecule has 0 radical (unpaired) electrons. The maximum Gasteiger partial charge on any atom is 0.472 e. The van der Waals surface area contributed by atoms with Crippen LogP contribution in [0.3, 0.4) is 0 Å². The Labute approximate surface area is 371 Å². The number of nitrogens with one attached hydrogen (secondary N) is 2. The quantitative estimate of drug-likeness (QED) is 0.0232. The first kappa shape index (κ1) is 58.5. The highest BCUT2D eigenvalue weighted by molar-refractivity contribution is 7.47. The number of rotatable bonds is 45. The third-order valence-corrected chi connectivity index (χ3v) is 11.4. The van der Waals surface area contributed by atoms with Gasteiger partial charge in [-0.1, -0.05) is 141 Å². The van der Waals surface area contributed by atoms with E-state index < -0.39 is 32.5 Å². The Morgan fingerprint density at radius 1 is 0.525 bits per heavy atom. The predicted molar refractivity (Wildman–Crippen MR) is 247 cm³/mol. The molecule has 356 valence electrons. The molecule has 2 unspecified atom stereocenters. The van der Waals surface area contributed by atoms with Crippen LogP contribution >= 0.6 is 7.82 Å². The van der Waals surface area contributed by atoms with E-state index in [1.54, 1.807) is 7.05 Å². The Hall–Kier alpha value is -2.53. The summed E-state index contributed by atoms with van der Waals surface area (Å²) < 4.78 is 33.7. The molecule has 0 aliphatic heterocycles. The van der Waals surface area contributed by atoms with Crippen molar-refractivity contribution in [3.05, 3.63) is 24.3 Å². The fourth-order valence-corrected chi connectivity index (χ4v) is 7.40. The van der Waals surface area contributed by atoms with Crippen LogP contribution in [0.2, 0.25) is 0 Å². The predicted octanol–water partition coefficient (Wildman–Crippen LogP) is 12.1. The summed E-state index contributed by atoms with van der Waals surface area (Å²) in [5, 5.41) is 5.13. The molecule has 0 aliphatic rings. The van der Waals surface area contributed by atoms with Crippen molar-refractivity contribution in [1.29, 1.82) is 0 Å². The average molecular weight is 885 g/mol. The number of hydrogen-bond acceptors (Lipinski definition) is 9. The minimum Gasteiger partial charge on any atom is -0.462 e. The van der Waals surface area contributed by atoms with Crippen molar-refractivity contribution in [3.63, 3.8) is 0 Å². The van der Waals surface area contributed by atoms with E-state index in [0.717, 1.165) is 77.0 Å². The lowest BCUT2D eigenvalue weighted by Crippen LogP contribution is -2.30. The number of phosphoric ester groups is 1. The smallest absolute Gasteiger partial charge is 0.462 e. The van der Waals surface area contributed by atoms with Crippen LogP contribution in [0.25, 0.3) is 0 Å². The van der Waals surface area contributed by atoms with Crippen molar-refractivity contribution in [1.82, 2.24) is 10.6 Å². The molecule has 0 saturated heterocycles. The number of unbranched alkanes of at least 4 members (excludes halogenated alkanes) is 23. The molecule has 0 saturated carbocycles. The van der Waals surface area contributed by atoms with Gasteiger partial charge in [0.1, 0.15) is 6.61 Å². The fraction of sp³-hybridized carbons (Fsp3) is 0.833. The normalized spacial score (nSPS) is 13.0. The number of hydrogen-bond donors (Lipinski definition) is 3. The molecule has 0 rings (SSSR count). The molecule has 3 N–H and O–H groups in total. The zero-order valence-corrected chi connectivity index (χ0v) is 39.8. The maximum atomic E-state index is 12.7. The lowest BCUT2D eigenvalue weighted by molar-refractivity contribution is -0.161. The molecule has 0 aromatic heterocycles. The molecule has 13 heteroatoms. The largest absolute Gasteiger partial charge is 0.472 e. The van der Waals surface area contributed by atoms with Crippen LogP contribution in [0, 0.1) is 0 Å². The summed E-state index contributed by atoms with van der Waals surface area (Å²) in [4.78, 5) is 58.9. The van der Waals surface area contributed by atoms with E-state index in [-0.39, 0.29) is 50.8 Å². The highest BCUT2D eigenvalue weighted by atomic mass is 31.2. The average Bonchev–Trinajstić information content (AvgIpc) is 3.24. The molecule has 0 aromatic rings. The van der Waals surface area contributed by atoms with Gasteiger partial charge in [-0.15, -0.1) is 0 Å². The van der Waals surface area contributed by atoms with E-state index in [2.05, 4.69) is 48.8 Å². The van der Waals surface area contributed by atoms with Gasteiger partial charge in [-0.2, -0.15) is 0 Å². The standard InChI is InChI=1S/C48H89N2O10P/c1-4-6-8-10-12-14-16-18-20-22-24-26-28-30-32-38-47(53)57-42-44(43-59-61(55,56)58-41-40-50-46(52)37-35-34-36-45(51)49-3)60-48(54)39-33-31-29-27-25-23-21-19-17-15-13-11-9-7-5-2/h18-21,44H,4-17,22-43H2,1-3H3,(H,49,51)(H,50,52)(H,55,56)/b20-18-,21-19-. The van der Waals surface area contributed by atoms with Crippen LogP contribution in [-0.4, -0.2) is 68.2 Å². The Morgan fingerprint density at radius 3 is 1.41 bits per heavy atom. The SMILES string of the molecule is CCCCCCCC/C=C\CCCCCCCC(=O)OCC(COP(=O)(O)OCCNC(=O)CCCCC(=O)NC)OC(=O)CCCCCCC/C=C\CCCCCCCC. The van der Waals surface area contributed by atoms with Crippen LogP contribution in [0.15, 0.2) is 24.3 Å². The van der Waals surface area contributed by atoms with Gasteiger partial charge in [0.25, 0.3) is 0 Å². The van der Waals surface area contributed by atoms with Crippen molar-refractivity contribution in [2.75, 3.05) is 33.4 Å². The number of esters is 2. The molecule has 0 spiro atoms. The van der Waals surface area contributed by atoms with Crippen LogP contribution in [0.4, 0.5) is 0 Å². The summed E-state index contributed by atoms with van der Waals surface area (Å²) in [7, 11) is -3.02. The van der Waals surface area contributed by atoms with Crippen molar-refractivity contribution in [2.24, 2.45) is 0 Å². The van der Waals surface area contributed by atoms with E-state index in [9.17, 15) is 28.6 Å². The first-order chi connectivity index (χ1) is 29.6. The maximum absolute atomic E-state index is 12.7. The van der Waals surface area contributed by atoms with E-state index in [1.807, 2.05) is 0 Å². The molecule has 2 atom stereocenters. The molecule has 0 bridgehead atoms. The molecular weight excluding hydrogens is 796 g/mol. The van der Waals surface area contributed by atoms with Gasteiger partial charge in [0.15, 0.2) is 6.10 Å². The Morgan fingerprint density at radius 2 is 0.934 bits per heavy atom. The molecule has 61 heavy (non-hydrogen) atoms. The lowest BCUT2D eigenvalue weighted by atomic mass is 10.1. The van der Waals surface area contributed by atoms with Crippen LogP contribution in [-0.2, 0) is 42.3 Å². The van der Waals surface area contributed by atoms with Gasteiger partial charge in [0.2, 0.25) is 11.8 Å². The topological polar surface area (TPSA) is 167 Å². The third-order valence-electron chi connectivity index (χ3n) is 10.5. The summed E-state index contributed by atoms with van der Waals surface area (Å²) in [6.07, 6.45) is 40.1. The van der Waals surface area contributed by atoms with Gasteiger partial charge in [-0.05, 0) is 77.0 Å². The Kier molecular flexibility index (Phi) is 42.3. The summed E-state index contributed by atoms with van der Waals surface area (Å²) in [6, 6.07) is 0. The molecule has 0 heterocycles. The van der Waals surface area contributed by atoms with E-state index >= 15 is 0 Å². The number of phosphoric acid groups is 1. The Balaban J connectivity index is 4.57. The second kappa shape index (κ2) is 44.1. The van der Waals surface area contributed by atoms with Crippen LogP contribution < -0.4 is 10.6 Å². The molecule has 0 fully saturated rings. The first-order valence-electron chi connectivity index (χ1n) is 24.4. The minimum atomic E-state index is -4.57. The van der Waals surface area contributed by atoms with Crippen molar-refractivity contribution < 1.29 is 47.2 Å².